The molecule has 0 amide bonds. The lowest BCUT2D eigenvalue weighted by Crippen LogP contribution is -2.10. The van der Waals surface area contributed by atoms with Crippen molar-refractivity contribution >= 4 is 11.6 Å². The number of nitrogens with zero attached hydrogens (tertiary/aromatic N) is 1. The summed E-state index contributed by atoms with van der Waals surface area (Å²) in [5, 5.41) is -0.461. The molecule has 2 nitrogen and oxygen atoms in total. The Kier molecular flexibility index (Phi) is 2.50. The van der Waals surface area contributed by atoms with Gasteiger partial charge in [0.1, 0.15) is 10.8 Å². The summed E-state index contributed by atoms with van der Waals surface area (Å²) in [5.74, 6) is 0.0569. The van der Waals surface area contributed by atoms with E-state index < -0.39 is 16.9 Å². The van der Waals surface area contributed by atoms with Crippen molar-refractivity contribution in [3.05, 3.63) is 23.0 Å². The van der Waals surface area contributed by atoms with Gasteiger partial charge in [0.15, 0.2) is 5.69 Å². The summed E-state index contributed by atoms with van der Waals surface area (Å²) in [6, 6.07) is 1.34. The average Bonchev–Trinajstić information content (AvgIpc) is 2.90. The molecule has 1 aromatic heterocycles. The fourth-order valence-corrected chi connectivity index (χ4v) is 1.34. The van der Waals surface area contributed by atoms with E-state index in [1.165, 1.54) is 6.07 Å². The summed E-state index contributed by atoms with van der Waals surface area (Å²) in [6.07, 6.45) is -1.77. The molecule has 0 spiro atoms. The molecule has 0 saturated heterocycles. The highest BCUT2D eigenvalue weighted by Gasteiger charge is 2.37. The molecule has 6 heteroatoms. The third kappa shape index (κ3) is 2.34. The van der Waals surface area contributed by atoms with Crippen LogP contribution in [0.2, 0.25) is 5.02 Å². The van der Waals surface area contributed by atoms with Gasteiger partial charge in [-0.1, -0.05) is 11.6 Å². The van der Waals surface area contributed by atoms with Crippen LogP contribution in [-0.2, 0) is 6.18 Å². The van der Waals surface area contributed by atoms with Crippen LogP contribution < -0.4 is 4.74 Å². The maximum atomic E-state index is 12.4. The van der Waals surface area contributed by atoms with E-state index in [0.717, 1.165) is 19.0 Å². The fraction of sp³-hybridized carbons (Fsp3) is 0.444. The van der Waals surface area contributed by atoms with Gasteiger partial charge in [-0.15, -0.1) is 0 Å². The van der Waals surface area contributed by atoms with Crippen LogP contribution in [0.1, 0.15) is 18.5 Å². The zero-order valence-electron chi connectivity index (χ0n) is 7.51. The van der Waals surface area contributed by atoms with Crippen LogP contribution in [0.4, 0.5) is 13.2 Å². The molecule has 1 fully saturated rings. The molecular weight excluding hydrogens is 231 g/mol. The van der Waals surface area contributed by atoms with Crippen molar-refractivity contribution in [2.75, 3.05) is 0 Å². The number of alkyl halides is 3. The highest BCUT2D eigenvalue weighted by molar-refractivity contribution is 6.32. The Labute approximate surface area is 89.0 Å². The van der Waals surface area contributed by atoms with Crippen LogP contribution in [0.15, 0.2) is 12.3 Å². The third-order valence-corrected chi connectivity index (χ3v) is 2.31. The first kappa shape index (κ1) is 10.5. The second-order valence-electron chi connectivity index (χ2n) is 3.29. The maximum Gasteiger partial charge on any atom is 0.434 e. The standard InChI is InChI=1S/C9H7ClF3NO/c10-7-6(15-5-1-2-5)3-4-14-8(7)9(11,12)13/h3-5H,1-2H2. The zero-order valence-corrected chi connectivity index (χ0v) is 8.27. The maximum absolute atomic E-state index is 12.4. The monoisotopic (exact) mass is 237 g/mol. The van der Waals surface area contributed by atoms with Crippen LogP contribution in [0.25, 0.3) is 0 Å². The molecule has 1 aliphatic carbocycles. The summed E-state index contributed by atoms with van der Waals surface area (Å²) in [6.45, 7) is 0. The molecular formula is C9H7ClF3NO. The number of halogens is 4. The van der Waals surface area contributed by atoms with Crippen molar-refractivity contribution < 1.29 is 17.9 Å². The first-order chi connectivity index (χ1) is 6.98. The molecule has 1 saturated carbocycles. The Morgan fingerprint density at radius 1 is 1.40 bits per heavy atom. The van der Waals surface area contributed by atoms with Crippen LogP contribution in [0, 0.1) is 0 Å². The lowest BCUT2D eigenvalue weighted by molar-refractivity contribution is -0.141. The van der Waals surface area contributed by atoms with Gasteiger partial charge in [0.2, 0.25) is 0 Å². The zero-order chi connectivity index (χ0) is 11.1. The highest BCUT2D eigenvalue weighted by atomic mass is 35.5. The molecule has 1 aromatic rings. The Bertz CT molecular complexity index is 376. The summed E-state index contributed by atoms with van der Waals surface area (Å²) in [7, 11) is 0. The number of ether oxygens (including phenoxy) is 1. The smallest absolute Gasteiger partial charge is 0.434 e. The summed E-state index contributed by atoms with van der Waals surface area (Å²) in [4.78, 5) is 3.20. The topological polar surface area (TPSA) is 22.1 Å². The largest absolute Gasteiger partial charge is 0.489 e. The third-order valence-electron chi connectivity index (χ3n) is 1.94. The molecule has 0 atom stereocenters. The Morgan fingerprint density at radius 2 is 2.07 bits per heavy atom. The summed E-state index contributed by atoms with van der Waals surface area (Å²) in [5.41, 5.74) is -1.10. The molecule has 0 unspecified atom stereocenters. The van der Waals surface area contributed by atoms with Gasteiger partial charge in [0.25, 0.3) is 0 Å². The van der Waals surface area contributed by atoms with E-state index in [1.807, 2.05) is 0 Å². The second kappa shape index (κ2) is 3.56. The minimum Gasteiger partial charge on any atom is -0.489 e. The molecule has 0 bridgehead atoms. The SMILES string of the molecule is FC(F)(F)c1nccc(OC2CC2)c1Cl. The van der Waals surface area contributed by atoms with Gasteiger partial charge in [-0.05, 0) is 12.8 Å². The molecule has 82 valence electrons. The van der Waals surface area contributed by atoms with Crippen molar-refractivity contribution in [2.45, 2.75) is 25.1 Å². The van der Waals surface area contributed by atoms with E-state index in [0.29, 0.717) is 0 Å². The first-order valence-electron chi connectivity index (χ1n) is 4.37. The molecule has 0 N–H and O–H groups in total. The van der Waals surface area contributed by atoms with Crippen molar-refractivity contribution in [2.24, 2.45) is 0 Å². The van der Waals surface area contributed by atoms with E-state index in [-0.39, 0.29) is 11.9 Å². The van der Waals surface area contributed by atoms with Crippen LogP contribution >= 0.6 is 11.6 Å². The van der Waals surface area contributed by atoms with Gasteiger partial charge in [-0.3, -0.25) is 4.98 Å². The Hall–Kier alpha value is -0.970. The molecule has 0 aromatic carbocycles. The molecule has 15 heavy (non-hydrogen) atoms. The number of hydrogen-bond donors (Lipinski definition) is 0. The molecule has 2 rings (SSSR count). The lowest BCUT2D eigenvalue weighted by atomic mass is 10.3. The fourth-order valence-electron chi connectivity index (χ4n) is 1.08. The van der Waals surface area contributed by atoms with E-state index in [9.17, 15) is 13.2 Å². The van der Waals surface area contributed by atoms with Gasteiger partial charge < -0.3 is 4.74 Å². The van der Waals surface area contributed by atoms with Crippen molar-refractivity contribution in [1.29, 1.82) is 0 Å². The Balaban J connectivity index is 2.31. The molecule has 1 heterocycles. The minimum atomic E-state index is -4.54. The number of rotatable bonds is 2. The van der Waals surface area contributed by atoms with Gasteiger partial charge in [-0.25, -0.2) is 0 Å². The molecule has 0 aliphatic heterocycles. The van der Waals surface area contributed by atoms with Crippen molar-refractivity contribution in [1.82, 2.24) is 4.98 Å². The highest BCUT2D eigenvalue weighted by Crippen LogP contribution is 2.39. The van der Waals surface area contributed by atoms with Gasteiger partial charge in [-0.2, -0.15) is 13.2 Å². The number of pyridine rings is 1. The predicted octanol–water partition coefficient (Wildman–Crippen LogP) is 3.30. The average molecular weight is 238 g/mol. The normalized spacial score (nSPS) is 16.5. The Morgan fingerprint density at radius 3 is 2.60 bits per heavy atom. The quantitative estimate of drug-likeness (QED) is 0.787. The minimum absolute atomic E-state index is 0.00554. The molecule has 1 aliphatic rings. The van der Waals surface area contributed by atoms with Gasteiger partial charge in [0, 0.05) is 12.3 Å². The second-order valence-corrected chi connectivity index (χ2v) is 3.66. The molecule has 0 radical (unpaired) electrons. The van der Waals surface area contributed by atoms with Gasteiger partial charge in [0.05, 0.1) is 6.10 Å². The van der Waals surface area contributed by atoms with Crippen LogP contribution in [0.5, 0.6) is 5.75 Å². The first-order valence-corrected chi connectivity index (χ1v) is 4.74. The van der Waals surface area contributed by atoms with E-state index >= 15 is 0 Å². The van der Waals surface area contributed by atoms with Crippen LogP contribution in [-0.4, -0.2) is 11.1 Å². The van der Waals surface area contributed by atoms with Gasteiger partial charge >= 0.3 is 6.18 Å². The summed E-state index contributed by atoms with van der Waals surface area (Å²) >= 11 is 5.56. The van der Waals surface area contributed by atoms with Crippen LogP contribution in [0.3, 0.4) is 0 Å². The summed E-state index contributed by atoms with van der Waals surface area (Å²) < 4.78 is 42.4. The predicted molar refractivity (Wildman–Crippen MR) is 47.9 cm³/mol. The van der Waals surface area contributed by atoms with E-state index in [1.54, 1.807) is 0 Å². The lowest BCUT2D eigenvalue weighted by Gasteiger charge is -2.11. The van der Waals surface area contributed by atoms with E-state index in [4.69, 9.17) is 16.3 Å². The van der Waals surface area contributed by atoms with E-state index in [2.05, 4.69) is 4.98 Å². The van der Waals surface area contributed by atoms with Crippen molar-refractivity contribution in [3.8, 4) is 5.75 Å². The number of aromatic nitrogens is 1. The number of hydrogen-bond acceptors (Lipinski definition) is 2. The van der Waals surface area contributed by atoms with Crippen molar-refractivity contribution in [3.63, 3.8) is 0 Å².